The minimum absolute atomic E-state index is 0.342. The monoisotopic (exact) mass is 284 g/mol. The van der Waals surface area contributed by atoms with E-state index < -0.39 is 12.0 Å². The number of carbonyl (C=O) groups excluding carboxylic acids is 2. The number of fused-ring (bicyclic) bond motifs is 1. The average Bonchev–Trinajstić information content (AvgIpc) is 2.73. The van der Waals surface area contributed by atoms with Crippen molar-refractivity contribution in [1.29, 1.82) is 0 Å². The SMILES string of the molecule is COC(=O)NNC(=O)c1sc2ccccc2c1Cl. The highest BCUT2D eigenvalue weighted by Gasteiger charge is 2.17. The second-order valence-electron chi connectivity index (χ2n) is 3.31. The molecular weight excluding hydrogens is 276 g/mol. The Morgan fingerprint density at radius 2 is 2.00 bits per heavy atom. The predicted molar refractivity (Wildman–Crippen MR) is 69.8 cm³/mol. The summed E-state index contributed by atoms with van der Waals surface area (Å²) in [6.45, 7) is 0. The zero-order valence-corrected chi connectivity index (χ0v) is 10.9. The molecule has 94 valence electrons. The molecule has 0 aliphatic heterocycles. The highest BCUT2D eigenvalue weighted by atomic mass is 35.5. The van der Waals surface area contributed by atoms with Gasteiger partial charge in [0.25, 0.3) is 5.91 Å². The molecule has 1 aromatic heterocycles. The summed E-state index contributed by atoms with van der Waals surface area (Å²) in [6.07, 6.45) is -0.749. The van der Waals surface area contributed by atoms with Gasteiger partial charge in [0, 0.05) is 10.1 Å². The molecule has 0 radical (unpaired) electrons. The Morgan fingerprint density at radius 1 is 1.28 bits per heavy atom. The highest BCUT2D eigenvalue weighted by molar-refractivity contribution is 7.21. The van der Waals surface area contributed by atoms with Gasteiger partial charge in [-0.2, -0.15) is 0 Å². The molecule has 1 heterocycles. The number of hydrogen-bond donors (Lipinski definition) is 2. The first-order valence-electron chi connectivity index (χ1n) is 4.95. The van der Waals surface area contributed by atoms with Crippen molar-refractivity contribution >= 4 is 45.0 Å². The van der Waals surface area contributed by atoms with Crippen LogP contribution in [0.1, 0.15) is 9.67 Å². The Bertz CT molecular complexity index is 611. The minimum atomic E-state index is -0.749. The average molecular weight is 285 g/mol. The molecule has 0 spiro atoms. The van der Waals surface area contributed by atoms with Crippen molar-refractivity contribution in [2.24, 2.45) is 0 Å². The van der Waals surface area contributed by atoms with Crippen LogP contribution in [-0.4, -0.2) is 19.1 Å². The third-order valence-corrected chi connectivity index (χ3v) is 3.88. The van der Waals surface area contributed by atoms with Crippen LogP contribution in [0.3, 0.4) is 0 Å². The Kier molecular flexibility index (Phi) is 3.69. The fourth-order valence-corrected chi connectivity index (χ4v) is 2.79. The molecule has 2 rings (SSSR count). The molecule has 2 aromatic rings. The first kappa shape index (κ1) is 12.7. The van der Waals surface area contributed by atoms with E-state index in [4.69, 9.17) is 11.6 Å². The second-order valence-corrected chi connectivity index (χ2v) is 4.74. The van der Waals surface area contributed by atoms with Crippen LogP contribution < -0.4 is 10.9 Å². The predicted octanol–water partition coefficient (Wildman–Crippen LogP) is 2.56. The van der Waals surface area contributed by atoms with Crippen LogP contribution in [0, 0.1) is 0 Å². The van der Waals surface area contributed by atoms with Crippen molar-refractivity contribution < 1.29 is 14.3 Å². The van der Waals surface area contributed by atoms with Crippen LogP contribution in [0.2, 0.25) is 5.02 Å². The number of halogens is 1. The number of thiophene rings is 1. The lowest BCUT2D eigenvalue weighted by molar-refractivity contribution is 0.0925. The van der Waals surface area contributed by atoms with Gasteiger partial charge in [-0.1, -0.05) is 29.8 Å². The van der Waals surface area contributed by atoms with E-state index in [0.29, 0.717) is 9.90 Å². The third kappa shape index (κ3) is 2.39. The van der Waals surface area contributed by atoms with E-state index in [1.807, 2.05) is 24.3 Å². The quantitative estimate of drug-likeness (QED) is 0.791. The molecular formula is C11H9ClN2O3S. The van der Waals surface area contributed by atoms with Gasteiger partial charge in [0.15, 0.2) is 0 Å². The Labute approximate surface area is 112 Å². The maximum atomic E-state index is 11.8. The van der Waals surface area contributed by atoms with Gasteiger partial charge in [-0.3, -0.25) is 10.2 Å². The third-order valence-electron chi connectivity index (χ3n) is 2.20. The molecule has 0 fully saturated rings. The molecule has 0 unspecified atom stereocenters. The van der Waals surface area contributed by atoms with E-state index in [2.05, 4.69) is 15.6 Å². The lowest BCUT2D eigenvalue weighted by atomic mass is 10.2. The Balaban J connectivity index is 2.23. The van der Waals surface area contributed by atoms with Crippen LogP contribution in [0.4, 0.5) is 4.79 Å². The molecule has 0 bridgehead atoms. The van der Waals surface area contributed by atoms with Crippen LogP contribution in [0.25, 0.3) is 10.1 Å². The molecule has 0 aliphatic rings. The van der Waals surface area contributed by atoms with Gasteiger partial charge in [-0.05, 0) is 6.07 Å². The molecule has 0 saturated heterocycles. The molecule has 2 N–H and O–H groups in total. The Morgan fingerprint density at radius 3 is 2.67 bits per heavy atom. The highest BCUT2D eigenvalue weighted by Crippen LogP contribution is 2.34. The van der Waals surface area contributed by atoms with Gasteiger partial charge in [0.1, 0.15) is 4.88 Å². The van der Waals surface area contributed by atoms with Crippen molar-refractivity contribution in [3.05, 3.63) is 34.2 Å². The van der Waals surface area contributed by atoms with E-state index in [-0.39, 0.29) is 0 Å². The van der Waals surface area contributed by atoms with Crippen LogP contribution in [0.15, 0.2) is 24.3 Å². The molecule has 18 heavy (non-hydrogen) atoms. The van der Waals surface area contributed by atoms with Crippen LogP contribution in [-0.2, 0) is 4.74 Å². The topological polar surface area (TPSA) is 67.4 Å². The van der Waals surface area contributed by atoms with Crippen LogP contribution in [0.5, 0.6) is 0 Å². The molecule has 1 aromatic carbocycles. The zero-order valence-electron chi connectivity index (χ0n) is 9.32. The molecule has 7 heteroatoms. The second kappa shape index (κ2) is 5.24. The zero-order chi connectivity index (χ0) is 13.1. The van der Waals surface area contributed by atoms with Gasteiger partial charge in [0.2, 0.25) is 0 Å². The van der Waals surface area contributed by atoms with E-state index >= 15 is 0 Å². The maximum Gasteiger partial charge on any atom is 0.425 e. The summed E-state index contributed by atoms with van der Waals surface area (Å²) in [5.41, 5.74) is 4.30. The van der Waals surface area contributed by atoms with Crippen molar-refractivity contribution in [2.75, 3.05) is 7.11 Å². The fraction of sp³-hybridized carbons (Fsp3) is 0.0909. The summed E-state index contributed by atoms with van der Waals surface area (Å²) >= 11 is 7.36. The van der Waals surface area contributed by atoms with E-state index in [1.54, 1.807) is 0 Å². The fourth-order valence-electron chi connectivity index (χ4n) is 1.38. The minimum Gasteiger partial charge on any atom is -0.452 e. The number of ether oxygens (including phenoxy) is 1. The number of methoxy groups -OCH3 is 1. The number of hydrazine groups is 1. The molecule has 0 aliphatic carbocycles. The summed E-state index contributed by atoms with van der Waals surface area (Å²) in [6, 6.07) is 7.41. The summed E-state index contributed by atoms with van der Waals surface area (Å²) in [5.74, 6) is -0.480. The molecule has 0 saturated carbocycles. The van der Waals surface area contributed by atoms with Crippen molar-refractivity contribution in [1.82, 2.24) is 10.9 Å². The number of amides is 2. The maximum absolute atomic E-state index is 11.8. The van der Waals surface area contributed by atoms with Crippen molar-refractivity contribution in [2.45, 2.75) is 0 Å². The smallest absolute Gasteiger partial charge is 0.425 e. The van der Waals surface area contributed by atoms with E-state index in [1.165, 1.54) is 18.4 Å². The van der Waals surface area contributed by atoms with E-state index in [9.17, 15) is 9.59 Å². The molecule has 0 atom stereocenters. The number of hydrogen-bond acceptors (Lipinski definition) is 4. The summed E-state index contributed by atoms with van der Waals surface area (Å²) < 4.78 is 5.24. The molecule has 5 nitrogen and oxygen atoms in total. The van der Waals surface area contributed by atoms with Gasteiger partial charge in [-0.15, -0.1) is 11.3 Å². The number of benzene rings is 1. The Hall–Kier alpha value is -1.79. The van der Waals surface area contributed by atoms with E-state index in [0.717, 1.165) is 10.1 Å². The largest absolute Gasteiger partial charge is 0.452 e. The number of nitrogens with one attached hydrogen (secondary N) is 2. The molecule has 2 amide bonds. The number of carbonyl (C=O) groups is 2. The van der Waals surface area contributed by atoms with Crippen LogP contribution >= 0.6 is 22.9 Å². The normalized spacial score (nSPS) is 10.1. The number of rotatable bonds is 1. The summed E-state index contributed by atoms with van der Waals surface area (Å²) in [7, 11) is 1.20. The van der Waals surface area contributed by atoms with Crippen molar-refractivity contribution in [3.8, 4) is 0 Å². The van der Waals surface area contributed by atoms with Gasteiger partial charge in [-0.25, -0.2) is 10.2 Å². The standard InChI is InChI=1S/C11H9ClN2O3S/c1-17-11(16)14-13-10(15)9-8(12)6-4-2-3-5-7(6)18-9/h2-5H,1H3,(H,13,15)(H,14,16). The lowest BCUT2D eigenvalue weighted by Gasteiger charge is -2.04. The van der Waals surface area contributed by atoms with Gasteiger partial charge >= 0.3 is 6.09 Å². The lowest BCUT2D eigenvalue weighted by Crippen LogP contribution is -2.41. The van der Waals surface area contributed by atoms with Gasteiger partial charge in [0.05, 0.1) is 12.1 Å². The van der Waals surface area contributed by atoms with Crippen molar-refractivity contribution in [3.63, 3.8) is 0 Å². The first-order chi connectivity index (χ1) is 8.63. The summed E-state index contributed by atoms with van der Waals surface area (Å²) in [4.78, 5) is 23.0. The summed E-state index contributed by atoms with van der Waals surface area (Å²) in [5, 5.41) is 1.19. The first-order valence-corrected chi connectivity index (χ1v) is 6.14. The van der Waals surface area contributed by atoms with Gasteiger partial charge < -0.3 is 4.74 Å².